The van der Waals surface area contributed by atoms with E-state index in [0.29, 0.717) is 17.8 Å². The summed E-state index contributed by atoms with van der Waals surface area (Å²) < 4.78 is 27.4. The van der Waals surface area contributed by atoms with Crippen LogP contribution in [0.5, 0.6) is 0 Å². The van der Waals surface area contributed by atoms with Gasteiger partial charge in [-0.05, 0) is 48.4 Å². The number of pyridine rings is 1. The highest BCUT2D eigenvalue weighted by atomic mass is 32.2. The number of carbonyl (C=O) groups is 1. The molecule has 29 heavy (non-hydrogen) atoms. The highest BCUT2D eigenvalue weighted by molar-refractivity contribution is 7.92. The minimum absolute atomic E-state index is 0.0848. The highest BCUT2D eigenvalue weighted by Crippen LogP contribution is 2.19. The molecule has 1 heterocycles. The second-order valence-corrected chi connectivity index (χ2v) is 8.27. The van der Waals surface area contributed by atoms with Crippen molar-refractivity contribution in [2.75, 3.05) is 11.3 Å². The summed E-state index contributed by atoms with van der Waals surface area (Å²) in [5.41, 5.74) is 2.02. The predicted octanol–water partition coefficient (Wildman–Crippen LogP) is 3.81. The molecule has 0 radical (unpaired) electrons. The Morgan fingerprint density at radius 3 is 2.24 bits per heavy atom. The van der Waals surface area contributed by atoms with Gasteiger partial charge in [0, 0.05) is 30.4 Å². The number of nitrogens with zero attached hydrogens (tertiary/aromatic N) is 1. The number of sulfonamides is 1. The molecule has 0 saturated heterocycles. The second kappa shape index (κ2) is 9.34. The SMILES string of the molecule is CC[C@H](CNC(=O)c1ccc(S(=O)(=O)Nc2ccncc2)cc1)c1ccccc1. The van der Waals surface area contributed by atoms with Crippen molar-refractivity contribution in [2.45, 2.75) is 24.2 Å². The second-order valence-electron chi connectivity index (χ2n) is 6.59. The summed E-state index contributed by atoms with van der Waals surface area (Å²) in [6.45, 7) is 2.60. The lowest BCUT2D eigenvalue weighted by Crippen LogP contribution is -2.28. The van der Waals surface area contributed by atoms with E-state index >= 15 is 0 Å². The van der Waals surface area contributed by atoms with Crippen molar-refractivity contribution in [1.29, 1.82) is 0 Å². The van der Waals surface area contributed by atoms with Gasteiger partial charge in [-0.25, -0.2) is 8.42 Å². The van der Waals surface area contributed by atoms with Crippen LogP contribution in [0, 0.1) is 0 Å². The molecule has 0 aliphatic heterocycles. The van der Waals surface area contributed by atoms with Crippen LogP contribution in [0.4, 0.5) is 5.69 Å². The van der Waals surface area contributed by atoms with Crippen LogP contribution in [0.25, 0.3) is 0 Å². The molecule has 1 atom stereocenters. The van der Waals surface area contributed by atoms with Gasteiger partial charge in [-0.1, -0.05) is 37.3 Å². The lowest BCUT2D eigenvalue weighted by Gasteiger charge is -2.16. The summed E-state index contributed by atoms with van der Waals surface area (Å²) in [6.07, 6.45) is 3.91. The van der Waals surface area contributed by atoms with E-state index in [9.17, 15) is 13.2 Å². The van der Waals surface area contributed by atoms with Crippen LogP contribution in [0.1, 0.15) is 35.2 Å². The van der Waals surface area contributed by atoms with Gasteiger partial charge in [0.15, 0.2) is 0 Å². The van der Waals surface area contributed by atoms with Crippen molar-refractivity contribution >= 4 is 21.6 Å². The zero-order chi connectivity index (χ0) is 20.7. The van der Waals surface area contributed by atoms with Crippen molar-refractivity contribution in [1.82, 2.24) is 10.3 Å². The minimum atomic E-state index is -3.73. The third kappa shape index (κ3) is 5.42. The Hall–Kier alpha value is -3.19. The first kappa shape index (κ1) is 20.5. The van der Waals surface area contributed by atoms with Crippen molar-refractivity contribution in [3.8, 4) is 0 Å². The lowest BCUT2D eigenvalue weighted by molar-refractivity contribution is 0.0951. The monoisotopic (exact) mass is 409 g/mol. The van der Waals surface area contributed by atoms with Crippen LogP contribution >= 0.6 is 0 Å². The fourth-order valence-electron chi connectivity index (χ4n) is 2.96. The van der Waals surface area contributed by atoms with Gasteiger partial charge in [-0.3, -0.25) is 14.5 Å². The maximum atomic E-state index is 12.5. The van der Waals surface area contributed by atoms with Crippen molar-refractivity contribution in [2.24, 2.45) is 0 Å². The summed E-state index contributed by atoms with van der Waals surface area (Å²) in [5.74, 6) is -0.00483. The number of nitrogens with one attached hydrogen (secondary N) is 2. The standard InChI is InChI=1S/C22H23N3O3S/c1-2-17(18-6-4-3-5-7-18)16-24-22(26)19-8-10-21(11-9-19)29(27,28)25-20-12-14-23-15-13-20/h3-15,17H,2,16H2,1H3,(H,23,25)(H,24,26)/t17-/m1/s1. The number of aromatic nitrogens is 1. The number of anilines is 1. The van der Waals surface area contributed by atoms with Crippen LogP contribution in [0.15, 0.2) is 84.0 Å². The van der Waals surface area contributed by atoms with Gasteiger partial charge in [0.2, 0.25) is 0 Å². The van der Waals surface area contributed by atoms with E-state index in [0.717, 1.165) is 6.42 Å². The number of carbonyl (C=O) groups excluding carboxylic acids is 1. The lowest BCUT2D eigenvalue weighted by atomic mass is 9.96. The molecule has 0 saturated carbocycles. The molecule has 0 fully saturated rings. The van der Waals surface area contributed by atoms with E-state index in [1.807, 2.05) is 18.2 Å². The van der Waals surface area contributed by atoms with Crippen molar-refractivity contribution in [3.05, 3.63) is 90.3 Å². The Morgan fingerprint density at radius 2 is 1.62 bits per heavy atom. The van der Waals surface area contributed by atoms with Gasteiger partial charge in [0.05, 0.1) is 10.6 Å². The molecule has 0 aliphatic carbocycles. The molecule has 6 nitrogen and oxygen atoms in total. The molecule has 7 heteroatoms. The van der Waals surface area contributed by atoms with E-state index < -0.39 is 10.0 Å². The Bertz CT molecular complexity index is 1040. The molecule has 150 valence electrons. The van der Waals surface area contributed by atoms with E-state index in [1.165, 1.54) is 42.2 Å². The van der Waals surface area contributed by atoms with Crippen molar-refractivity contribution in [3.63, 3.8) is 0 Å². The fraction of sp³-hybridized carbons (Fsp3) is 0.182. The van der Waals surface area contributed by atoms with Gasteiger partial charge in [0.1, 0.15) is 0 Å². The van der Waals surface area contributed by atoms with Crippen LogP contribution in [-0.2, 0) is 10.0 Å². The Labute approximate surface area is 171 Å². The molecule has 1 aromatic heterocycles. The van der Waals surface area contributed by atoms with Crippen LogP contribution in [0.2, 0.25) is 0 Å². The largest absolute Gasteiger partial charge is 0.351 e. The summed E-state index contributed by atoms with van der Waals surface area (Å²) in [4.78, 5) is 16.4. The van der Waals surface area contributed by atoms with E-state index in [-0.39, 0.29) is 16.7 Å². The van der Waals surface area contributed by atoms with Gasteiger partial charge in [-0.15, -0.1) is 0 Å². The van der Waals surface area contributed by atoms with Gasteiger partial charge >= 0.3 is 0 Å². The zero-order valence-corrected chi connectivity index (χ0v) is 16.9. The number of hydrogen-bond donors (Lipinski definition) is 2. The molecule has 1 amide bonds. The normalized spacial score (nSPS) is 12.2. The molecule has 0 spiro atoms. The third-order valence-corrected chi connectivity index (χ3v) is 6.03. The smallest absolute Gasteiger partial charge is 0.261 e. The first-order chi connectivity index (χ1) is 14.0. The Morgan fingerprint density at radius 1 is 0.966 bits per heavy atom. The zero-order valence-electron chi connectivity index (χ0n) is 16.1. The minimum Gasteiger partial charge on any atom is -0.351 e. The number of rotatable bonds is 8. The molecule has 0 aliphatic rings. The maximum absolute atomic E-state index is 12.5. The topological polar surface area (TPSA) is 88.2 Å². The highest BCUT2D eigenvalue weighted by Gasteiger charge is 2.16. The first-order valence-electron chi connectivity index (χ1n) is 9.35. The Kier molecular flexibility index (Phi) is 6.61. The molecule has 2 aromatic carbocycles. The molecule has 0 unspecified atom stereocenters. The van der Waals surface area contributed by atoms with Crippen LogP contribution < -0.4 is 10.0 Å². The van der Waals surface area contributed by atoms with Gasteiger partial charge in [0.25, 0.3) is 15.9 Å². The van der Waals surface area contributed by atoms with Gasteiger partial charge in [-0.2, -0.15) is 0 Å². The Balaban J connectivity index is 1.64. The number of benzene rings is 2. The fourth-order valence-corrected chi connectivity index (χ4v) is 4.02. The first-order valence-corrected chi connectivity index (χ1v) is 10.8. The molecular formula is C22H23N3O3S. The molecule has 0 bridgehead atoms. The number of hydrogen-bond acceptors (Lipinski definition) is 4. The predicted molar refractivity (Wildman–Crippen MR) is 113 cm³/mol. The quantitative estimate of drug-likeness (QED) is 0.592. The summed E-state index contributed by atoms with van der Waals surface area (Å²) in [6, 6.07) is 19.0. The summed E-state index contributed by atoms with van der Waals surface area (Å²) in [5, 5.41) is 2.94. The van der Waals surface area contributed by atoms with E-state index in [2.05, 4.69) is 34.1 Å². The number of amides is 1. The maximum Gasteiger partial charge on any atom is 0.261 e. The summed E-state index contributed by atoms with van der Waals surface area (Å²) >= 11 is 0. The average molecular weight is 410 g/mol. The van der Waals surface area contributed by atoms with Crippen molar-refractivity contribution < 1.29 is 13.2 Å². The van der Waals surface area contributed by atoms with Crippen LogP contribution in [0.3, 0.4) is 0 Å². The van der Waals surface area contributed by atoms with Gasteiger partial charge < -0.3 is 5.32 Å². The van der Waals surface area contributed by atoms with Crippen LogP contribution in [-0.4, -0.2) is 25.9 Å². The third-order valence-electron chi connectivity index (χ3n) is 4.63. The van der Waals surface area contributed by atoms with E-state index in [1.54, 1.807) is 12.1 Å². The van der Waals surface area contributed by atoms with E-state index in [4.69, 9.17) is 0 Å². The average Bonchev–Trinajstić information content (AvgIpc) is 2.75. The summed E-state index contributed by atoms with van der Waals surface area (Å²) in [7, 11) is -3.73. The molecular weight excluding hydrogens is 386 g/mol. The molecule has 2 N–H and O–H groups in total. The molecule has 3 rings (SSSR count). The molecule has 3 aromatic rings.